The molecule has 0 saturated carbocycles. The first-order valence-corrected chi connectivity index (χ1v) is 0. The van der Waals surface area contributed by atoms with Gasteiger partial charge < -0.3 is 5.48 Å². The molecule has 0 aliphatic carbocycles. The average molecular weight is 289 g/mol. The molecule has 0 spiro atoms. The molecule has 0 fully saturated rings. The van der Waals surface area contributed by atoms with Crippen molar-refractivity contribution in [1.29, 1.82) is 0 Å². The summed E-state index contributed by atoms with van der Waals surface area (Å²) in [6.45, 7) is 0. The quantitative estimate of drug-likeness (QED) is 0.413. The molecule has 0 amide bonds. The van der Waals surface area contributed by atoms with Gasteiger partial charge in [0, 0.05) is 0 Å². The minimum atomic E-state index is 0. The molecule has 0 radical (unpaired) electrons. The van der Waals surface area contributed by atoms with E-state index in [1.165, 1.54) is 0 Å². The zero-order chi connectivity index (χ0) is 0. The maximum atomic E-state index is 0. The van der Waals surface area contributed by atoms with Gasteiger partial charge in [-0.1, -0.05) is 0 Å². The van der Waals surface area contributed by atoms with Crippen LogP contribution in [0.15, 0.2) is 0 Å². The normalized spacial score (nSPS) is 0. The van der Waals surface area contributed by atoms with Crippen LogP contribution in [0, 0.1) is 0 Å². The third-order valence-electron chi connectivity index (χ3n) is 0. The van der Waals surface area contributed by atoms with Crippen molar-refractivity contribution < 1.29 is 5.48 Å². The first-order chi connectivity index (χ1) is 0. The molecular formula is H8BaCaOSr. The Labute approximate surface area is 133 Å². The molecule has 0 aliphatic rings. The predicted octanol–water partition coefficient (Wildman–Crippen LogP) is -3.57. The molecular weight excluding hydrogens is 281 g/mol. The first kappa shape index (κ1) is 24.0. The Morgan fingerprint density at radius 3 is 1.00 bits per heavy atom. The van der Waals surface area contributed by atoms with Crippen LogP contribution in [0.25, 0.3) is 0 Å². The summed E-state index contributed by atoms with van der Waals surface area (Å²) in [6.07, 6.45) is 0. The number of hydrogen-bond donors (Lipinski definition) is 0. The summed E-state index contributed by atoms with van der Waals surface area (Å²) in [5.41, 5.74) is 0. The zero-order valence-electron chi connectivity index (χ0n) is 0.500. The minimum absolute atomic E-state index is 0. The van der Waals surface area contributed by atoms with Crippen molar-refractivity contribution in [3.63, 3.8) is 0 Å². The van der Waals surface area contributed by atoms with Crippen LogP contribution in [0.1, 0.15) is 0 Å². The monoisotopic (exact) mass is 290 g/mol. The van der Waals surface area contributed by atoms with E-state index in [1.807, 2.05) is 0 Å². The summed E-state index contributed by atoms with van der Waals surface area (Å²) in [6, 6.07) is 0. The van der Waals surface area contributed by atoms with Crippen molar-refractivity contribution in [2.24, 2.45) is 0 Å². The van der Waals surface area contributed by atoms with Gasteiger partial charge in [0.1, 0.15) is 0 Å². The van der Waals surface area contributed by atoms with Crippen molar-refractivity contribution in [2.75, 3.05) is 0 Å². The zero-order valence-corrected chi connectivity index (χ0v) is 0.500. The van der Waals surface area contributed by atoms with Gasteiger partial charge in [-0.15, -0.1) is 0 Å². The fraction of sp³-hybridized carbons (Fsp3) is 0. The van der Waals surface area contributed by atoms with Crippen LogP contribution in [-0.2, 0) is 0 Å². The van der Waals surface area contributed by atoms with Crippen LogP contribution < -0.4 is 0 Å². The van der Waals surface area contributed by atoms with E-state index in [1.54, 1.807) is 0 Å². The van der Waals surface area contributed by atoms with E-state index in [0.717, 1.165) is 0 Å². The van der Waals surface area contributed by atoms with E-state index in [0.29, 0.717) is 0 Å². The van der Waals surface area contributed by atoms with Crippen LogP contribution in [0.4, 0.5) is 0 Å². The van der Waals surface area contributed by atoms with E-state index in [2.05, 4.69) is 0 Å². The molecule has 0 bridgehead atoms. The Kier molecular flexibility index (Phi) is 93.9. The van der Waals surface area contributed by atoms with Crippen LogP contribution >= 0.6 is 0 Å². The van der Waals surface area contributed by atoms with Crippen LogP contribution in [0.5, 0.6) is 0 Å². The Morgan fingerprint density at radius 1 is 1.00 bits per heavy atom. The van der Waals surface area contributed by atoms with Gasteiger partial charge in [-0.3, -0.25) is 0 Å². The fourth-order valence-electron chi connectivity index (χ4n) is 0. The molecule has 0 heterocycles. The molecule has 0 rings (SSSR count). The molecule has 0 aromatic carbocycles. The summed E-state index contributed by atoms with van der Waals surface area (Å²) in [7, 11) is 0. The van der Waals surface area contributed by atoms with E-state index in [4.69, 9.17) is 0 Å². The number of hydrogen-bond acceptors (Lipinski definition) is 0. The van der Waals surface area contributed by atoms with Gasteiger partial charge in [-0.2, -0.15) is 0 Å². The van der Waals surface area contributed by atoms with Crippen molar-refractivity contribution in [2.45, 2.75) is 0 Å². The van der Waals surface area contributed by atoms with Crippen LogP contribution in [0.3, 0.4) is 0 Å². The molecule has 2 N–H and O–H groups in total. The third kappa shape index (κ3) is 9.55. The Hall–Kier alpha value is 4.27. The van der Waals surface area contributed by atoms with Crippen molar-refractivity contribution >= 4 is 132 Å². The molecule has 0 atom stereocenters. The summed E-state index contributed by atoms with van der Waals surface area (Å²) < 4.78 is 0. The van der Waals surface area contributed by atoms with E-state index in [-0.39, 0.29) is 138 Å². The second-order valence-electron chi connectivity index (χ2n) is 0. The van der Waals surface area contributed by atoms with E-state index in [9.17, 15) is 0 Å². The number of rotatable bonds is 0. The van der Waals surface area contributed by atoms with Gasteiger partial charge >= 0.3 is 132 Å². The summed E-state index contributed by atoms with van der Waals surface area (Å²) in [5.74, 6) is 0. The Bertz CT molecular complexity index is 8.00. The second kappa shape index (κ2) is 15.7. The topological polar surface area (TPSA) is 31.5 Å². The fourth-order valence-corrected chi connectivity index (χ4v) is 0. The molecule has 0 aromatic heterocycles. The third-order valence-corrected chi connectivity index (χ3v) is 0. The van der Waals surface area contributed by atoms with Gasteiger partial charge in [0.05, 0.1) is 0 Å². The molecule has 4 heteroatoms. The molecule has 0 unspecified atom stereocenters. The second-order valence-corrected chi connectivity index (χ2v) is 0. The van der Waals surface area contributed by atoms with Crippen molar-refractivity contribution in [3.05, 3.63) is 0 Å². The van der Waals surface area contributed by atoms with Crippen molar-refractivity contribution in [1.82, 2.24) is 0 Å². The van der Waals surface area contributed by atoms with Gasteiger partial charge in [0.2, 0.25) is 0 Å². The van der Waals surface area contributed by atoms with Crippen LogP contribution in [0.2, 0.25) is 0 Å². The molecule has 0 saturated heterocycles. The molecule has 0 aromatic rings. The summed E-state index contributed by atoms with van der Waals surface area (Å²) in [5, 5.41) is 0. The maximum absolute atomic E-state index is 0. The van der Waals surface area contributed by atoms with Crippen LogP contribution in [-0.4, -0.2) is 138 Å². The first-order valence-electron chi connectivity index (χ1n) is 0. The summed E-state index contributed by atoms with van der Waals surface area (Å²) in [4.78, 5) is 0. The molecule has 20 valence electrons. The van der Waals surface area contributed by atoms with Gasteiger partial charge in [-0.05, 0) is 0 Å². The van der Waals surface area contributed by atoms with E-state index < -0.39 is 0 Å². The standard InChI is InChI=1S/Ba.Ca.H2O.Sr.6H/h;;1H2;;;;;;;. The molecule has 0 aliphatic heterocycles. The molecule has 4 heavy (non-hydrogen) atoms. The Balaban J connectivity index is 0. The average Bonchev–Trinajstić information content (AvgIpc) is 0. The van der Waals surface area contributed by atoms with Crippen molar-refractivity contribution in [3.8, 4) is 0 Å². The predicted molar refractivity (Wildman–Crippen MR) is 29.2 cm³/mol. The van der Waals surface area contributed by atoms with Gasteiger partial charge in [-0.25, -0.2) is 0 Å². The Morgan fingerprint density at radius 2 is 1.00 bits per heavy atom. The SMILES string of the molecule is O.[BaH2].[CaH2].[SrH2]. The molecule has 1 nitrogen and oxygen atoms in total. The summed E-state index contributed by atoms with van der Waals surface area (Å²) >= 11 is 0. The van der Waals surface area contributed by atoms with E-state index >= 15 is 0 Å². The van der Waals surface area contributed by atoms with Gasteiger partial charge in [0.15, 0.2) is 0 Å². The van der Waals surface area contributed by atoms with Gasteiger partial charge in [0.25, 0.3) is 0 Å².